The zero-order valence-electron chi connectivity index (χ0n) is 8.50. The van der Waals surface area contributed by atoms with Gasteiger partial charge in [0.1, 0.15) is 5.69 Å². The molecule has 82 valence electrons. The van der Waals surface area contributed by atoms with E-state index in [4.69, 9.17) is 11.6 Å². The topological polar surface area (TPSA) is 42.0 Å². The van der Waals surface area contributed by atoms with E-state index in [0.717, 1.165) is 12.5 Å². The van der Waals surface area contributed by atoms with Gasteiger partial charge in [0.2, 0.25) is 0 Å². The lowest BCUT2D eigenvalue weighted by molar-refractivity contribution is 0.0923. The van der Waals surface area contributed by atoms with Gasteiger partial charge in [0.25, 0.3) is 5.91 Å². The quantitative estimate of drug-likeness (QED) is 0.888. The molecule has 1 amide bonds. The highest BCUT2D eigenvalue weighted by atomic mass is 35.5. The van der Waals surface area contributed by atoms with Crippen molar-refractivity contribution in [2.24, 2.45) is 11.8 Å². The Morgan fingerprint density at radius 3 is 3.00 bits per heavy atom. The minimum Gasteiger partial charge on any atom is -0.350 e. The summed E-state index contributed by atoms with van der Waals surface area (Å²) >= 11 is 6.93. The Labute approximate surface area is 97.9 Å². The summed E-state index contributed by atoms with van der Waals surface area (Å²) in [6.45, 7) is 3.00. The summed E-state index contributed by atoms with van der Waals surface area (Å²) in [6, 6.07) is 0. The molecule has 3 nitrogen and oxygen atoms in total. The van der Waals surface area contributed by atoms with Crippen LogP contribution in [-0.2, 0) is 0 Å². The van der Waals surface area contributed by atoms with Gasteiger partial charge in [-0.3, -0.25) is 4.79 Å². The summed E-state index contributed by atoms with van der Waals surface area (Å²) < 4.78 is 0.414. The van der Waals surface area contributed by atoms with E-state index in [0.29, 0.717) is 16.1 Å². The SMILES string of the molecule is CC1CC(CNC(=O)c2csc(Cl)n2)C1. The largest absolute Gasteiger partial charge is 0.350 e. The molecule has 0 spiro atoms. The van der Waals surface area contributed by atoms with Crippen molar-refractivity contribution in [1.82, 2.24) is 10.3 Å². The summed E-state index contributed by atoms with van der Waals surface area (Å²) in [5.74, 6) is 1.36. The lowest BCUT2D eigenvalue weighted by Gasteiger charge is -2.32. The van der Waals surface area contributed by atoms with Crippen LogP contribution in [0.5, 0.6) is 0 Å². The van der Waals surface area contributed by atoms with Crippen molar-refractivity contribution in [3.05, 3.63) is 15.5 Å². The van der Waals surface area contributed by atoms with Crippen molar-refractivity contribution in [3.8, 4) is 0 Å². The normalized spacial score (nSPS) is 24.7. The highest BCUT2D eigenvalue weighted by molar-refractivity contribution is 7.14. The lowest BCUT2D eigenvalue weighted by atomic mass is 9.76. The van der Waals surface area contributed by atoms with Gasteiger partial charge < -0.3 is 5.32 Å². The molecule has 0 radical (unpaired) electrons. The maximum atomic E-state index is 11.6. The molecule has 1 aromatic heterocycles. The molecule has 2 rings (SSSR count). The van der Waals surface area contributed by atoms with E-state index < -0.39 is 0 Å². The van der Waals surface area contributed by atoms with Crippen molar-refractivity contribution in [2.45, 2.75) is 19.8 Å². The number of carbonyl (C=O) groups is 1. The van der Waals surface area contributed by atoms with Gasteiger partial charge in [0.05, 0.1) is 0 Å². The molecule has 0 bridgehead atoms. The van der Waals surface area contributed by atoms with E-state index >= 15 is 0 Å². The summed E-state index contributed by atoms with van der Waals surface area (Å²) in [7, 11) is 0. The standard InChI is InChI=1S/C10H13ClN2OS/c1-6-2-7(3-6)4-12-9(14)8-5-15-10(11)13-8/h5-7H,2-4H2,1H3,(H,12,14). The summed E-state index contributed by atoms with van der Waals surface area (Å²) in [5.41, 5.74) is 0.428. The van der Waals surface area contributed by atoms with Gasteiger partial charge in [-0.25, -0.2) is 4.98 Å². The van der Waals surface area contributed by atoms with Gasteiger partial charge in [0, 0.05) is 11.9 Å². The van der Waals surface area contributed by atoms with Crippen molar-refractivity contribution < 1.29 is 4.79 Å². The molecule has 0 atom stereocenters. The molecule has 1 aliphatic rings. The molecule has 1 aliphatic carbocycles. The minimum atomic E-state index is -0.113. The van der Waals surface area contributed by atoms with Crippen LogP contribution < -0.4 is 5.32 Å². The number of rotatable bonds is 3. The maximum Gasteiger partial charge on any atom is 0.270 e. The van der Waals surface area contributed by atoms with Crippen LogP contribution in [0, 0.1) is 11.8 Å². The molecular formula is C10H13ClN2OS. The second-order valence-corrected chi connectivity index (χ2v) is 5.58. The second kappa shape index (κ2) is 4.49. The first-order chi connectivity index (χ1) is 7.15. The van der Waals surface area contributed by atoms with Crippen molar-refractivity contribution >= 4 is 28.8 Å². The smallest absolute Gasteiger partial charge is 0.270 e. The molecule has 15 heavy (non-hydrogen) atoms. The predicted octanol–water partition coefficient (Wildman–Crippen LogP) is 2.57. The Morgan fingerprint density at radius 2 is 2.47 bits per heavy atom. The van der Waals surface area contributed by atoms with Crippen LogP contribution >= 0.6 is 22.9 Å². The van der Waals surface area contributed by atoms with Crippen LogP contribution in [0.4, 0.5) is 0 Å². The van der Waals surface area contributed by atoms with Crippen LogP contribution in [0.1, 0.15) is 30.3 Å². The predicted molar refractivity (Wildman–Crippen MR) is 61.3 cm³/mol. The third-order valence-corrected chi connectivity index (χ3v) is 3.71. The number of carbonyl (C=O) groups excluding carboxylic acids is 1. The van der Waals surface area contributed by atoms with Gasteiger partial charge in [0.15, 0.2) is 4.47 Å². The first-order valence-corrected chi connectivity index (χ1v) is 6.30. The van der Waals surface area contributed by atoms with E-state index in [2.05, 4.69) is 17.2 Å². The molecule has 1 heterocycles. The molecule has 0 saturated heterocycles. The lowest BCUT2D eigenvalue weighted by Crippen LogP contribution is -2.35. The van der Waals surface area contributed by atoms with E-state index in [-0.39, 0.29) is 5.91 Å². The Morgan fingerprint density at radius 1 is 1.73 bits per heavy atom. The molecule has 0 aromatic carbocycles. The molecule has 0 unspecified atom stereocenters. The Bertz CT molecular complexity index is 360. The number of aromatic nitrogens is 1. The Hall–Kier alpha value is -0.610. The fourth-order valence-corrected chi connectivity index (χ4v) is 2.66. The monoisotopic (exact) mass is 244 g/mol. The Balaban J connectivity index is 1.78. The first kappa shape index (κ1) is 10.9. The number of halogens is 1. The maximum absolute atomic E-state index is 11.6. The number of nitrogens with zero attached hydrogens (tertiary/aromatic N) is 1. The van der Waals surface area contributed by atoms with Crippen molar-refractivity contribution in [2.75, 3.05) is 6.54 Å². The fraction of sp³-hybridized carbons (Fsp3) is 0.600. The highest BCUT2D eigenvalue weighted by Crippen LogP contribution is 2.32. The molecule has 1 saturated carbocycles. The van der Waals surface area contributed by atoms with Crippen molar-refractivity contribution in [3.63, 3.8) is 0 Å². The van der Waals surface area contributed by atoms with Crippen LogP contribution in [-0.4, -0.2) is 17.4 Å². The number of amides is 1. The third-order valence-electron chi connectivity index (χ3n) is 2.73. The third kappa shape index (κ3) is 2.69. The van der Waals surface area contributed by atoms with Crippen LogP contribution in [0.15, 0.2) is 5.38 Å². The van der Waals surface area contributed by atoms with Gasteiger partial charge in [-0.1, -0.05) is 18.5 Å². The molecule has 1 fully saturated rings. The minimum absolute atomic E-state index is 0.113. The summed E-state index contributed by atoms with van der Waals surface area (Å²) in [4.78, 5) is 15.5. The number of thiazole rings is 1. The number of nitrogens with one attached hydrogen (secondary N) is 1. The second-order valence-electron chi connectivity index (χ2n) is 4.14. The molecular weight excluding hydrogens is 232 g/mol. The number of hydrogen-bond donors (Lipinski definition) is 1. The average Bonchev–Trinajstić information content (AvgIpc) is 2.57. The van der Waals surface area contributed by atoms with Gasteiger partial charge in [-0.05, 0) is 24.7 Å². The van der Waals surface area contributed by atoms with E-state index in [1.165, 1.54) is 24.2 Å². The molecule has 1 N–H and O–H groups in total. The molecule has 5 heteroatoms. The van der Waals surface area contributed by atoms with E-state index in [1.54, 1.807) is 5.38 Å². The van der Waals surface area contributed by atoms with Gasteiger partial charge in [-0.2, -0.15) is 0 Å². The first-order valence-electron chi connectivity index (χ1n) is 5.04. The van der Waals surface area contributed by atoms with Crippen LogP contribution in [0.2, 0.25) is 4.47 Å². The molecule has 0 aliphatic heterocycles. The summed E-state index contributed by atoms with van der Waals surface area (Å²) in [5, 5.41) is 4.56. The zero-order chi connectivity index (χ0) is 10.8. The Kier molecular flexibility index (Phi) is 3.26. The molecule has 1 aromatic rings. The van der Waals surface area contributed by atoms with Crippen LogP contribution in [0.3, 0.4) is 0 Å². The van der Waals surface area contributed by atoms with E-state index in [9.17, 15) is 4.79 Å². The van der Waals surface area contributed by atoms with Gasteiger partial charge >= 0.3 is 0 Å². The van der Waals surface area contributed by atoms with Gasteiger partial charge in [-0.15, -0.1) is 11.3 Å². The van der Waals surface area contributed by atoms with Crippen molar-refractivity contribution in [1.29, 1.82) is 0 Å². The van der Waals surface area contributed by atoms with E-state index in [1.807, 2.05) is 0 Å². The number of hydrogen-bond acceptors (Lipinski definition) is 3. The zero-order valence-corrected chi connectivity index (χ0v) is 10.1. The average molecular weight is 245 g/mol. The highest BCUT2D eigenvalue weighted by Gasteiger charge is 2.25. The summed E-state index contributed by atoms with van der Waals surface area (Å²) in [6.07, 6.45) is 2.44. The van der Waals surface area contributed by atoms with Crippen LogP contribution in [0.25, 0.3) is 0 Å². The fourth-order valence-electron chi connectivity index (χ4n) is 1.92.